The molecule has 2 amide bonds. The second-order valence-electron chi connectivity index (χ2n) is 5.61. The first-order chi connectivity index (χ1) is 11.6. The zero-order valence-electron chi connectivity index (χ0n) is 13.1. The number of carbonyl (C=O) groups excluding carboxylic acids is 2. The van der Waals surface area contributed by atoms with Crippen molar-refractivity contribution in [3.05, 3.63) is 30.5 Å². The fourth-order valence-electron chi connectivity index (χ4n) is 2.77. The van der Waals surface area contributed by atoms with E-state index in [0.29, 0.717) is 24.7 Å². The minimum absolute atomic E-state index is 0.101. The third-order valence-corrected chi connectivity index (χ3v) is 4.93. The van der Waals surface area contributed by atoms with Crippen molar-refractivity contribution in [1.82, 2.24) is 19.7 Å². The van der Waals surface area contributed by atoms with Gasteiger partial charge in [-0.25, -0.2) is 0 Å². The van der Waals surface area contributed by atoms with Crippen molar-refractivity contribution in [2.24, 2.45) is 5.73 Å². The van der Waals surface area contributed by atoms with E-state index in [1.807, 2.05) is 16.7 Å². The van der Waals surface area contributed by atoms with E-state index in [2.05, 4.69) is 10.2 Å². The van der Waals surface area contributed by atoms with Crippen LogP contribution in [0.25, 0.3) is 0 Å². The average molecular weight is 349 g/mol. The Morgan fingerprint density at radius 2 is 2.29 bits per heavy atom. The highest BCUT2D eigenvalue weighted by Gasteiger charge is 2.30. The SMILES string of the molecule is NC(=O)C1CCCCN1C(=O)CSc1nncn1Cc1ccco1. The molecule has 1 unspecified atom stereocenters. The Labute approximate surface area is 143 Å². The second kappa shape index (κ2) is 7.52. The van der Waals surface area contributed by atoms with Gasteiger partial charge in [-0.05, 0) is 31.4 Å². The van der Waals surface area contributed by atoms with Gasteiger partial charge in [0.2, 0.25) is 11.8 Å². The molecular weight excluding hydrogens is 330 g/mol. The monoisotopic (exact) mass is 349 g/mol. The number of amides is 2. The van der Waals surface area contributed by atoms with Crippen LogP contribution >= 0.6 is 11.8 Å². The van der Waals surface area contributed by atoms with Gasteiger partial charge in [-0.15, -0.1) is 10.2 Å². The maximum absolute atomic E-state index is 12.5. The molecular formula is C15H19N5O3S. The van der Waals surface area contributed by atoms with E-state index in [9.17, 15) is 9.59 Å². The van der Waals surface area contributed by atoms with E-state index in [4.69, 9.17) is 10.2 Å². The third kappa shape index (κ3) is 3.78. The smallest absolute Gasteiger partial charge is 0.240 e. The molecule has 0 saturated carbocycles. The molecule has 1 saturated heterocycles. The molecule has 3 rings (SSSR count). The number of piperidine rings is 1. The summed E-state index contributed by atoms with van der Waals surface area (Å²) in [4.78, 5) is 25.6. The number of primary amides is 1. The predicted molar refractivity (Wildman–Crippen MR) is 87.1 cm³/mol. The number of hydrogen-bond donors (Lipinski definition) is 1. The molecule has 8 nitrogen and oxygen atoms in total. The molecule has 3 heterocycles. The number of furan rings is 1. The molecule has 9 heteroatoms. The number of carbonyl (C=O) groups is 2. The van der Waals surface area contributed by atoms with Crippen LogP contribution in [0.4, 0.5) is 0 Å². The lowest BCUT2D eigenvalue weighted by Gasteiger charge is -2.33. The van der Waals surface area contributed by atoms with Gasteiger partial charge in [-0.1, -0.05) is 11.8 Å². The number of thioether (sulfide) groups is 1. The molecule has 2 aromatic heterocycles. The first-order valence-electron chi connectivity index (χ1n) is 7.77. The summed E-state index contributed by atoms with van der Waals surface area (Å²) in [5.74, 6) is 0.443. The van der Waals surface area contributed by atoms with E-state index in [-0.39, 0.29) is 11.7 Å². The number of likely N-dealkylation sites (tertiary alicyclic amines) is 1. The summed E-state index contributed by atoms with van der Waals surface area (Å²) in [6.45, 7) is 1.08. The minimum Gasteiger partial charge on any atom is -0.467 e. The van der Waals surface area contributed by atoms with Crippen molar-refractivity contribution in [3.8, 4) is 0 Å². The van der Waals surface area contributed by atoms with Crippen molar-refractivity contribution in [2.75, 3.05) is 12.3 Å². The lowest BCUT2D eigenvalue weighted by atomic mass is 10.0. The Hall–Kier alpha value is -2.29. The van der Waals surface area contributed by atoms with E-state index >= 15 is 0 Å². The van der Waals surface area contributed by atoms with Crippen LogP contribution in [0.5, 0.6) is 0 Å². The summed E-state index contributed by atoms with van der Waals surface area (Å²) in [7, 11) is 0. The second-order valence-corrected chi connectivity index (χ2v) is 6.55. The topological polar surface area (TPSA) is 107 Å². The van der Waals surface area contributed by atoms with Gasteiger partial charge in [0.25, 0.3) is 0 Å². The number of hydrogen-bond acceptors (Lipinski definition) is 6. The highest BCUT2D eigenvalue weighted by Crippen LogP contribution is 2.21. The van der Waals surface area contributed by atoms with Crippen LogP contribution in [0, 0.1) is 0 Å². The van der Waals surface area contributed by atoms with Gasteiger partial charge >= 0.3 is 0 Å². The van der Waals surface area contributed by atoms with Crippen LogP contribution in [0.2, 0.25) is 0 Å². The van der Waals surface area contributed by atoms with Crippen LogP contribution < -0.4 is 5.73 Å². The van der Waals surface area contributed by atoms with Gasteiger partial charge in [0, 0.05) is 6.54 Å². The molecule has 2 aromatic rings. The number of rotatable bonds is 6. The fraction of sp³-hybridized carbons (Fsp3) is 0.467. The number of aromatic nitrogens is 3. The molecule has 0 bridgehead atoms. The van der Waals surface area contributed by atoms with Crippen molar-refractivity contribution < 1.29 is 14.0 Å². The molecule has 128 valence electrons. The molecule has 0 spiro atoms. The predicted octanol–water partition coefficient (Wildman–Crippen LogP) is 0.878. The summed E-state index contributed by atoms with van der Waals surface area (Å²) in [6.07, 6.45) is 5.66. The Morgan fingerprint density at radius 1 is 1.42 bits per heavy atom. The number of nitrogens with zero attached hydrogens (tertiary/aromatic N) is 4. The van der Waals surface area contributed by atoms with E-state index < -0.39 is 11.9 Å². The van der Waals surface area contributed by atoms with Gasteiger partial charge in [-0.3, -0.25) is 9.59 Å². The number of nitrogens with two attached hydrogens (primary N) is 1. The molecule has 1 fully saturated rings. The normalized spacial score (nSPS) is 17.8. The average Bonchev–Trinajstić information content (AvgIpc) is 3.25. The zero-order chi connectivity index (χ0) is 16.9. The van der Waals surface area contributed by atoms with Crippen LogP contribution in [0.1, 0.15) is 25.0 Å². The standard InChI is InChI=1S/C15H19N5O3S/c16-14(22)12-5-1-2-6-20(12)13(21)9-24-15-18-17-10-19(15)8-11-4-3-7-23-11/h3-4,7,10,12H,1-2,5-6,8-9H2,(H2,16,22). The lowest BCUT2D eigenvalue weighted by Crippen LogP contribution is -2.51. The van der Waals surface area contributed by atoms with E-state index in [0.717, 1.165) is 18.6 Å². The first-order valence-corrected chi connectivity index (χ1v) is 8.75. The van der Waals surface area contributed by atoms with Gasteiger partial charge in [0.05, 0.1) is 18.6 Å². The van der Waals surface area contributed by atoms with Crippen LogP contribution in [0.3, 0.4) is 0 Å². The van der Waals surface area contributed by atoms with Gasteiger partial charge in [0.1, 0.15) is 18.1 Å². The maximum Gasteiger partial charge on any atom is 0.240 e. The molecule has 2 N–H and O–H groups in total. The largest absolute Gasteiger partial charge is 0.467 e. The molecule has 1 atom stereocenters. The van der Waals surface area contributed by atoms with Crippen LogP contribution in [-0.4, -0.2) is 49.8 Å². The molecule has 24 heavy (non-hydrogen) atoms. The van der Waals surface area contributed by atoms with Gasteiger partial charge in [0.15, 0.2) is 5.16 Å². The van der Waals surface area contributed by atoms with E-state index in [1.54, 1.807) is 17.5 Å². The van der Waals surface area contributed by atoms with Crippen molar-refractivity contribution in [1.29, 1.82) is 0 Å². The summed E-state index contributed by atoms with van der Waals surface area (Å²) in [6, 6.07) is 3.19. The van der Waals surface area contributed by atoms with Crippen molar-refractivity contribution in [2.45, 2.75) is 37.0 Å². The van der Waals surface area contributed by atoms with Gasteiger partial charge < -0.3 is 19.6 Å². The first kappa shape index (κ1) is 16.6. The van der Waals surface area contributed by atoms with Crippen LogP contribution in [0.15, 0.2) is 34.3 Å². The summed E-state index contributed by atoms with van der Waals surface area (Å²) in [5, 5.41) is 8.56. The Bertz CT molecular complexity index is 700. The third-order valence-electron chi connectivity index (χ3n) is 3.96. The molecule has 1 aliphatic heterocycles. The molecule has 0 radical (unpaired) electrons. The zero-order valence-corrected chi connectivity index (χ0v) is 13.9. The highest BCUT2D eigenvalue weighted by molar-refractivity contribution is 7.99. The quantitative estimate of drug-likeness (QED) is 0.776. The van der Waals surface area contributed by atoms with Gasteiger partial charge in [-0.2, -0.15) is 0 Å². The Balaban J connectivity index is 1.60. The minimum atomic E-state index is -0.493. The lowest BCUT2D eigenvalue weighted by molar-refractivity contribution is -0.138. The molecule has 0 aliphatic carbocycles. The van der Waals surface area contributed by atoms with Crippen molar-refractivity contribution in [3.63, 3.8) is 0 Å². The fourth-order valence-corrected chi connectivity index (χ4v) is 3.57. The summed E-state index contributed by atoms with van der Waals surface area (Å²) in [5.41, 5.74) is 5.41. The summed E-state index contributed by atoms with van der Waals surface area (Å²) < 4.78 is 7.13. The molecule has 0 aromatic carbocycles. The molecule has 1 aliphatic rings. The maximum atomic E-state index is 12.5. The Kier molecular flexibility index (Phi) is 5.19. The van der Waals surface area contributed by atoms with Crippen LogP contribution in [-0.2, 0) is 16.1 Å². The Morgan fingerprint density at radius 3 is 3.04 bits per heavy atom. The van der Waals surface area contributed by atoms with Crippen molar-refractivity contribution >= 4 is 23.6 Å². The highest BCUT2D eigenvalue weighted by atomic mass is 32.2. The summed E-state index contributed by atoms with van der Waals surface area (Å²) >= 11 is 1.30. The van der Waals surface area contributed by atoms with E-state index in [1.165, 1.54) is 11.8 Å².